The molecule has 0 aliphatic carbocycles. The molecule has 0 saturated carbocycles. The number of hydrazone groups is 1. The SMILES string of the molecule is Cc1cc(/C=N\NC(=O)COc2cccc3cccnc23)c(C)n1-c1ccc(N(C)C)cc1. The van der Waals surface area contributed by atoms with Gasteiger partial charge in [0.05, 0.1) is 6.21 Å². The van der Waals surface area contributed by atoms with E-state index in [0.29, 0.717) is 5.75 Å². The van der Waals surface area contributed by atoms with Crippen molar-refractivity contribution in [2.45, 2.75) is 13.8 Å². The Morgan fingerprint density at radius 1 is 1.12 bits per heavy atom. The molecular formula is C26H27N5O2. The number of fused-ring (bicyclic) bond motifs is 1. The molecule has 0 bridgehead atoms. The number of hydrogen-bond donors (Lipinski definition) is 1. The average Bonchev–Trinajstić information content (AvgIpc) is 3.10. The third-order valence-electron chi connectivity index (χ3n) is 5.44. The first-order valence-electron chi connectivity index (χ1n) is 10.7. The first kappa shape index (κ1) is 22.1. The van der Waals surface area contributed by atoms with Crippen LogP contribution in [0.15, 0.2) is 72.0 Å². The highest BCUT2D eigenvalue weighted by molar-refractivity contribution is 5.86. The van der Waals surface area contributed by atoms with E-state index in [-0.39, 0.29) is 12.5 Å². The third-order valence-corrected chi connectivity index (χ3v) is 5.44. The van der Waals surface area contributed by atoms with Crippen molar-refractivity contribution in [2.75, 3.05) is 25.6 Å². The smallest absolute Gasteiger partial charge is 0.277 e. The first-order valence-corrected chi connectivity index (χ1v) is 10.7. The molecule has 2 aromatic carbocycles. The van der Waals surface area contributed by atoms with Gasteiger partial charge in [-0.25, -0.2) is 5.43 Å². The summed E-state index contributed by atoms with van der Waals surface area (Å²) in [6, 6.07) is 19.9. The van der Waals surface area contributed by atoms with Gasteiger partial charge in [-0.15, -0.1) is 0 Å². The Labute approximate surface area is 193 Å². The summed E-state index contributed by atoms with van der Waals surface area (Å²) in [4.78, 5) is 18.6. The highest BCUT2D eigenvalue weighted by Gasteiger charge is 2.10. The lowest BCUT2D eigenvalue weighted by atomic mass is 10.2. The highest BCUT2D eigenvalue weighted by atomic mass is 16.5. The van der Waals surface area contributed by atoms with Gasteiger partial charge in [-0.2, -0.15) is 5.10 Å². The Kier molecular flexibility index (Phi) is 6.40. The number of aromatic nitrogens is 2. The highest BCUT2D eigenvalue weighted by Crippen LogP contribution is 2.23. The van der Waals surface area contributed by atoms with Gasteiger partial charge in [-0.1, -0.05) is 18.2 Å². The number of para-hydroxylation sites is 1. The zero-order chi connectivity index (χ0) is 23.4. The second-order valence-corrected chi connectivity index (χ2v) is 7.99. The minimum Gasteiger partial charge on any atom is -0.481 e. The molecule has 0 aliphatic heterocycles. The van der Waals surface area contributed by atoms with Crippen LogP contribution in [0.4, 0.5) is 5.69 Å². The largest absolute Gasteiger partial charge is 0.481 e. The Morgan fingerprint density at radius 3 is 2.64 bits per heavy atom. The zero-order valence-electron chi connectivity index (χ0n) is 19.2. The fourth-order valence-electron chi connectivity index (χ4n) is 3.76. The summed E-state index contributed by atoms with van der Waals surface area (Å²) in [5.74, 6) is 0.225. The van der Waals surface area contributed by atoms with Crippen molar-refractivity contribution in [1.29, 1.82) is 0 Å². The number of nitrogens with one attached hydrogen (secondary N) is 1. The molecule has 0 radical (unpaired) electrons. The third kappa shape index (κ3) is 4.87. The minimum atomic E-state index is -0.340. The normalized spacial score (nSPS) is 11.2. The van der Waals surface area contributed by atoms with E-state index >= 15 is 0 Å². The van der Waals surface area contributed by atoms with E-state index < -0.39 is 0 Å². The molecule has 168 valence electrons. The van der Waals surface area contributed by atoms with Crippen LogP contribution >= 0.6 is 0 Å². The standard InChI is InChI=1S/C26H27N5O2/c1-18-15-21(19(2)31(18)23-12-10-22(11-13-23)30(3)4)16-28-29-25(32)17-33-24-9-5-7-20-8-6-14-27-26(20)24/h5-16H,17H2,1-4H3,(H,29,32)/b28-16-. The summed E-state index contributed by atoms with van der Waals surface area (Å²) < 4.78 is 7.82. The Bertz CT molecular complexity index is 1300. The van der Waals surface area contributed by atoms with Crippen LogP contribution in [0.1, 0.15) is 17.0 Å². The molecular weight excluding hydrogens is 414 g/mol. The second kappa shape index (κ2) is 9.56. The van der Waals surface area contributed by atoms with Crippen LogP contribution in [0.5, 0.6) is 5.75 Å². The van der Waals surface area contributed by atoms with Crippen molar-refractivity contribution in [3.05, 3.63) is 83.8 Å². The molecule has 0 fully saturated rings. The van der Waals surface area contributed by atoms with Gasteiger partial charge in [0, 0.05) is 54.0 Å². The lowest BCUT2D eigenvalue weighted by Crippen LogP contribution is -2.24. The number of pyridine rings is 1. The van der Waals surface area contributed by atoms with Gasteiger partial charge in [0.25, 0.3) is 5.91 Å². The minimum absolute atomic E-state index is 0.149. The number of ether oxygens (including phenoxy) is 1. The number of carbonyl (C=O) groups is 1. The summed E-state index contributed by atoms with van der Waals surface area (Å²) >= 11 is 0. The van der Waals surface area contributed by atoms with Crippen LogP contribution in [-0.4, -0.2) is 42.4 Å². The van der Waals surface area contributed by atoms with Gasteiger partial charge in [-0.3, -0.25) is 9.78 Å². The van der Waals surface area contributed by atoms with Gasteiger partial charge < -0.3 is 14.2 Å². The number of anilines is 1. The van der Waals surface area contributed by atoms with Gasteiger partial charge in [0.15, 0.2) is 6.61 Å². The molecule has 4 rings (SSSR count). The molecule has 7 heteroatoms. The van der Waals surface area contributed by atoms with Crippen molar-refractivity contribution in [3.63, 3.8) is 0 Å². The van der Waals surface area contributed by atoms with Crippen LogP contribution in [-0.2, 0) is 4.79 Å². The van der Waals surface area contributed by atoms with Crippen molar-refractivity contribution in [1.82, 2.24) is 15.0 Å². The Hall–Kier alpha value is -4.13. The van der Waals surface area contributed by atoms with Gasteiger partial charge >= 0.3 is 0 Å². The van der Waals surface area contributed by atoms with E-state index in [1.807, 2.05) is 51.4 Å². The molecule has 0 unspecified atom stereocenters. The van der Waals surface area contributed by atoms with Crippen LogP contribution < -0.4 is 15.1 Å². The summed E-state index contributed by atoms with van der Waals surface area (Å²) in [5.41, 5.74) is 8.55. The van der Waals surface area contributed by atoms with Crippen LogP contribution in [0.2, 0.25) is 0 Å². The molecule has 0 aliphatic rings. The van der Waals surface area contributed by atoms with Crippen LogP contribution in [0.25, 0.3) is 16.6 Å². The number of aryl methyl sites for hydroxylation is 1. The number of hydrogen-bond acceptors (Lipinski definition) is 5. The predicted molar refractivity (Wildman–Crippen MR) is 133 cm³/mol. The number of rotatable bonds is 7. The molecule has 0 spiro atoms. The quantitative estimate of drug-likeness (QED) is 0.344. The predicted octanol–water partition coefficient (Wildman–Crippen LogP) is 4.24. The summed E-state index contributed by atoms with van der Waals surface area (Å²) in [6.07, 6.45) is 3.36. The van der Waals surface area contributed by atoms with E-state index in [4.69, 9.17) is 4.74 Å². The maximum Gasteiger partial charge on any atom is 0.277 e. The zero-order valence-corrected chi connectivity index (χ0v) is 19.2. The van der Waals surface area contributed by atoms with Gasteiger partial charge in [-0.05, 0) is 56.3 Å². The van der Waals surface area contributed by atoms with Crippen LogP contribution in [0, 0.1) is 13.8 Å². The number of nitrogens with zero attached hydrogens (tertiary/aromatic N) is 4. The second-order valence-electron chi connectivity index (χ2n) is 7.99. The molecule has 1 amide bonds. The summed E-state index contributed by atoms with van der Waals surface area (Å²) in [6.45, 7) is 3.94. The van der Waals surface area contributed by atoms with Gasteiger partial charge in [0.1, 0.15) is 11.3 Å². The Balaban J connectivity index is 1.40. The number of carbonyl (C=O) groups excluding carboxylic acids is 1. The molecule has 33 heavy (non-hydrogen) atoms. The van der Waals surface area contributed by atoms with Crippen molar-refractivity contribution in [3.8, 4) is 11.4 Å². The van der Waals surface area contributed by atoms with Crippen LogP contribution in [0.3, 0.4) is 0 Å². The molecule has 2 aromatic heterocycles. The lowest BCUT2D eigenvalue weighted by molar-refractivity contribution is -0.123. The monoisotopic (exact) mass is 441 g/mol. The lowest BCUT2D eigenvalue weighted by Gasteiger charge is -2.14. The molecule has 0 atom stereocenters. The van der Waals surface area contributed by atoms with E-state index in [0.717, 1.165) is 39.2 Å². The molecule has 0 saturated heterocycles. The Morgan fingerprint density at radius 2 is 1.88 bits per heavy atom. The number of amides is 1. The fraction of sp³-hybridized carbons (Fsp3) is 0.192. The van der Waals surface area contributed by atoms with E-state index in [2.05, 4.69) is 56.2 Å². The maximum atomic E-state index is 12.2. The van der Waals surface area contributed by atoms with E-state index in [9.17, 15) is 4.79 Å². The molecule has 7 nitrogen and oxygen atoms in total. The van der Waals surface area contributed by atoms with Crippen molar-refractivity contribution >= 4 is 28.7 Å². The van der Waals surface area contributed by atoms with E-state index in [1.165, 1.54) is 0 Å². The van der Waals surface area contributed by atoms with Gasteiger partial charge in [0.2, 0.25) is 0 Å². The molecule has 1 N–H and O–H groups in total. The topological polar surface area (TPSA) is 71.7 Å². The summed E-state index contributed by atoms with van der Waals surface area (Å²) in [7, 11) is 4.04. The number of benzene rings is 2. The van der Waals surface area contributed by atoms with Crippen molar-refractivity contribution in [2.24, 2.45) is 5.10 Å². The maximum absolute atomic E-state index is 12.2. The fourth-order valence-corrected chi connectivity index (χ4v) is 3.76. The average molecular weight is 442 g/mol. The first-order chi connectivity index (χ1) is 15.9. The molecule has 4 aromatic rings. The van der Waals surface area contributed by atoms with E-state index in [1.54, 1.807) is 18.5 Å². The molecule has 2 heterocycles. The summed E-state index contributed by atoms with van der Waals surface area (Å²) in [5, 5.41) is 5.08. The van der Waals surface area contributed by atoms with Crippen molar-refractivity contribution < 1.29 is 9.53 Å².